The molecule has 0 unspecified atom stereocenters. The molecule has 3 aromatic heterocycles. The molecule has 1 saturated heterocycles. The van der Waals surface area contributed by atoms with Crippen LogP contribution >= 0.6 is 0 Å². The van der Waals surface area contributed by atoms with Gasteiger partial charge < -0.3 is 4.90 Å². The van der Waals surface area contributed by atoms with Crippen molar-refractivity contribution in [1.82, 2.24) is 29.3 Å². The third-order valence-electron chi connectivity index (χ3n) is 6.70. The molecule has 7 nitrogen and oxygen atoms in total. The van der Waals surface area contributed by atoms with Crippen molar-refractivity contribution < 1.29 is 18.0 Å². The summed E-state index contributed by atoms with van der Waals surface area (Å²) in [4.78, 5) is 20.0. The summed E-state index contributed by atoms with van der Waals surface area (Å²) in [5, 5.41) is 8.93. The van der Waals surface area contributed by atoms with Gasteiger partial charge >= 0.3 is 0 Å². The Balaban J connectivity index is 1.44. The Bertz CT molecular complexity index is 1440. The normalized spacial score (nSPS) is 19.4. The van der Waals surface area contributed by atoms with Crippen molar-refractivity contribution in [3.8, 4) is 11.3 Å². The lowest BCUT2D eigenvalue weighted by Gasteiger charge is -2.34. The van der Waals surface area contributed by atoms with Crippen LogP contribution in [0.15, 0.2) is 30.5 Å². The van der Waals surface area contributed by atoms with E-state index in [1.54, 1.807) is 41.5 Å². The van der Waals surface area contributed by atoms with Crippen molar-refractivity contribution >= 4 is 11.6 Å². The number of amides is 1. The first-order chi connectivity index (χ1) is 15.8. The first-order valence-electron chi connectivity index (χ1n) is 10.7. The number of fused-ring (bicyclic) bond motifs is 5. The van der Waals surface area contributed by atoms with Crippen LogP contribution in [0.5, 0.6) is 0 Å². The summed E-state index contributed by atoms with van der Waals surface area (Å²) < 4.78 is 44.5. The smallest absolute Gasteiger partial charge is 0.275 e. The third-order valence-corrected chi connectivity index (χ3v) is 6.70. The number of hydrogen-bond acceptors (Lipinski definition) is 4. The predicted molar refractivity (Wildman–Crippen MR) is 112 cm³/mol. The summed E-state index contributed by atoms with van der Waals surface area (Å²) in [6.07, 6.45) is 3.62. The highest BCUT2D eigenvalue weighted by Crippen LogP contribution is 2.47. The van der Waals surface area contributed by atoms with E-state index in [9.17, 15) is 18.0 Å². The molecule has 10 heteroatoms. The molecule has 5 heterocycles. The minimum absolute atomic E-state index is 0.0956. The number of imidazole rings is 1. The van der Waals surface area contributed by atoms with Crippen LogP contribution in [0, 0.1) is 24.4 Å². The van der Waals surface area contributed by atoms with Gasteiger partial charge in [-0.25, -0.2) is 22.7 Å². The maximum absolute atomic E-state index is 13.9. The van der Waals surface area contributed by atoms with Crippen LogP contribution in [-0.2, 0) is 13.5 Å². The molecule has 4 aromatic rings. The van der Waals surface area contributed by atoms with E-state index in [2.05, 4.69) is 15.2 Å². The van der Waals surface area contributed by atoms with Gasteiger partial charge in [-0.1, -0.05) is 0 Å². The van der Waals surface area contributed by atoms with Crippen molar-refractivity contribution in [2.75, 3.05) is 0 Å². The number of nitrogens with zero attached hydrogens (tertiary/aromatic N) is 6. The second-order valence-electron chi connectivity index (χ2n) is 8.59. The van der Waals surface area contributed by atoms with Gasteiger partial charge in [-0.2, -0.15) is 10.2 Å². The zero-order valence-corrected chi connectivity index (χ0v) is 17.9. The van der Waals surface area contributed by atoms with Crippen LogP contribution in [0.4, 0.5) is 13.2 Å². The van der Waals surface area contributed by atoms with Gasteiger partial charge in [-0.3, -0.25) is 9.48 Å². The minimum atomic E-state index is -1.50. The maximum Gasteiger partial charge on any atom is 0.275 e. The van der Waals surface area contributed by atoms with Gasteiger partial charge in [-0.05, 0) is 50.5 Å². The number of hydrogen-bond donors (Lipinski definition) is 0. The molecule has 0 N–H and O–H groups in total. The molecule has 1 aromatic carbocycles. The second-order valence-corrected chi connectivity index (χ2v) is 8.59. The fraction of sp³-hybridized carbons (Fsp3) is 0.304. The van der Waals surface area contributed by atoms with Crippen molar-refractivity contribution in [2.45, 2.75) is 38.3 Å². The van der Waals surface area contributed by atoms with Gasteiger partial charge in [0.05, 0.1) is 23.1 Å². The Morgan fingerprint density at radius 3 is 2.67 bits per heavy atom. The molecule has 1 amide bonds. The summed E-state index contributed by atoms with van der Waals surface area (Å²) >= 11 is 0. The number of halogens is 3. The zero-order valence-electron chi connectivity index (χ0n) is 17.9. The van der Waals surface area contributed by atoms with Crippen LogP contribution < -0.4 is 0 Å². The highest BCUT2D eigenvalue weighted by molar-refractivity contribution is 5.95. The van der Waals surface area contributed by atoms with Crippen LogP contribution in [-0.4, -0.2) is 41.2 Å². The van der Waals surface area contributed by atoms with E-state index < -0.39 is 17.5 Å². The molecule has 33 heavy (non-hydrogen) atoms. The molecular weight excluding hydrogens is 433 g/mol. The molecule has 0 spiro atoms. The quantitative estimate of drug-likeness (QED) is 0.435. The summed E-state index contributed by atoms with van der Waals surface area (Å²) in [6, 6.07) is 5.18. The minimum Gasteiger partial charge on any atom is -0.325 e. The Kier molecular flexibility index (Phi) is 4.17. The van der Waals surface area contributed by atoms with Gasteiger partial charge in [0.1, 0.15) is 0 Å². The standard InChI is InChI=1S/C23H19F3N6O/c1-11-21(32-18(28-11)4-3-7-27-32)23(33)31-13-5-6-17(31)20-14(10-13)22(30(2)29-20)12-8-15(24)19(26)16(25)9-12/h3-4,7-9,13,17H,5-6,10H2,1-2H3/t13-,17+/m1/s1. The highest BCUT2D eigenvalue weighted by atomic mass is 19.2. The van der Waals surface area contributed by atoms with E-state index in [1.165, 1.54) is 0 Å². The molecular formula is C23H19F3N6O. The van der Waals surface area contributed by atoms with E-state index in [-0.39, 0.29) is 23.6 Å². The highest BCUT2D eigenvalue weighted by Gasteiger charge is 2.46. The zero-order chi connectivity index (χ0) is 23.0. The Hall–Kier alpha value is -3.69. The summed E-state index contributed by atoms with van der Waals surface area (Å²) in [5.74, 6) is -4.15. The van der Waals surface area contributed by atoms with Gasteiger partial charge in [0.25, 0.3) is 5.91 Å². The second kappa shape index (κ2) is 6.90. The van der Waals surface area contributed by atoms with Crippen LogP contribution in [0.25, 0.3) is 16.9 Å². The molecule has 2 atom stereocenters. The van der Waals surface area contributed by atoms with E-state index in [0.29, 0.717) is 34.8 Å². The van der Waals surface area contributed by atoms with Gasteiger partial charge in [0.15, 0.2) is 28.8 Å². The molecule has 0 saturated carbocycles. The first kappa shape index (κ1) is 20.0. The van der Waals surface area contributed by atoms with Crippen molar-refractivity contribution in [3.63, 3.8) is 0 Å². The molecule has 6 rings (SSSR count). The lowest BCUT2D eigenvalue weighted by Crippen LogP contribution is -2.42. The maximum atomic E-state index is 13.9. The number of carbonyl (C=O) groups excluding carboxylic acids is 1. The van der Waals surface area contributed by atoms with Crippen LogP contribution in [0.3, 0.4) is 0 Å². The lowest BCUT2D eigenvalue weighted by molar-refractivity contribution is 0.0633. The number of carbonyl (C=O) groups is 1. The monoisotopic (exact) mass is 452 g/mol. The number of aromatic nitrogens is 5. The fourth-order valence-corrected chi connectivity index (χ4v) is 5.37. The van der Waals surface area contributed by atoms with Gasteiger partial charge in [0, 0.05) is 30.4 Å². The average Bonchev–Trinajstić information content (AvgIpc) is 3.41. The number of aryl methyl sites for hydroxylation is 2. The summed E-state index contributed by atoms with van der Waals surface area (Å²) in [7, 11) is 1.69. The average molecular weight is 452 g/mol. The number of rotatable bonds is 2. The van der Waals surface area contributed by atoms with Crippen LogP contribution in [0.1, 0.15) is 46.3 Å². The summed E-state index contributed by atoms with van der Waals surface area (Å²) in [5.41, 5.74) is 3.94. The first-order valence-corrected chi connectivity index (χ1v) is 10.7. The van der Waals surface area contributed by atoms with Crippen molar-refractivity contribution in [2.24, 2.45) is 7.05 Å². The third kappa shape index (κ3) is 2.76. The topological polar surface area (TPSA) is 68.3 Å². The van der Waals surface area contributed by atoms with E-state index >= 15 is 0 Å². The van der Waals surface area contributed by atoms with Gasteiger partial charge in [0.2, 0.25) is 0 Å². The molecule has 0 aliphatic carbocycles. The lowest BCUT2D eigenvalue weighted by atomic mass is 9.94. The molecule has 2 bridgehead atoms. The van der Waals surface area contributed by atoms with Crippen molar-refractivity contribution in [3.05, 3.63) is 70.6 Å². The SMILES string of the molecule is Cc1nc2cccnn2c1C(=O)N1[C@@H]2CC[C@H]1c1nn(C)c(-c3cc(F)c(F)c(F)c3)c1C2. The molecule has 1 fully saturated rings. The van der Waals surface area contributed by atoms with Crippen LogP contribution in [0.2, 0.25) is 0 Å². The van der Waals surface area contributed by atoms with E-state index in [4.69, 9.17) is 0 Å². The van der Waals surface area contributed by atoms with E-state index in [1.807, 2.05) is 4.90 Å². The predicted octanol–water partition coefficient (Wildman–Crippen LogP) is 3.76. The van der Waals surface area contributed by atoms with E-state index in [0.717, 1.165) is 30.5 Å². The Morgan fingerprint density at radius 2 is 1.91 bits per heavy atom. The molecule has 2 aliphatic heterocycles. The fourth-order valence-electron chi connectivity index (χ4n) is 5.37. The molecule has 168 valence electrons. The largest absolute Gasteiger partial charge is 0.325 e. The Labute approximate surface area is 186 Å². The number of benzene rings is 1. The van der Waals surface area contributed by atoms with Gasteiger partial charge in [-0.15, -0.1) is 0 Å². The molecule has 2 aliphatic rings. The molecule has 0 radical (unpaired) electrons. The summed E-state index contributed by atoms with van der Waals surface area (Å²) in [6.45, 7) is 1.79. The van der Waals surface area contributed by atoms with Crippen molar-refractivity contribution in [1.29, 1.82) is 0 Å². The Morgan fingerprint density at radius 1 is 1.15 bits per heavy atom.